The van der Waals surface area contributed by atoms with Gasteiger partial charge in [0, 0.05) is 35.2 Å². The van der Waals surface area contributed by atoms with Gasteiger partial charge in [-0.15, -0.1) is 0 Å². The Morgan fingerprint density at radius 2 is 1.97 bits per heavy atom. The molecule has 2 heterocycles. The van der Waals surface area contributed by atoms with Gasteiger partial charge in [-0.1, -0.05) is 12.1 Å². The molecule has 0 saturated carbocycles. The van der Waals surface area contributed by atoms with Crippen molar-refractivity contribution in [1.29, 1.82) is 0 Å². The molecule has 8 heteroatoms. The number of benzene rings is 3. The molecule has 0 unspecified atom stereocenters. The molecule has 0 spiro atoms. The Hall–Kier alpha value is -4.04. The number of nitro groups is 1. The number of nitro benzene ring substituents is 1. The van der Waals surface area contributed by atoms with Gasteiger partial charge in [-0.25, -0.2) is 4.79 Å². The molecular formula is C28H26N2O6. The van der Waals surface area contributed by atoms with Crippen LogP contribution >= 0.6 is 0 Å². The van der Waals surface area contributed by atoms with Crippen LogP contribution in [-0.4, -0.2) is 33.2 Å². The second-order valence-corrected chi connectivity index (χ2v) is 9.96. The van der Waals surface area contributed by atoms with E-state index in [2.05, 4.69) is 4.98 Å². The van der Waals surface area contributed by atoms with Crippen molar-refractivity contribution in [1.82, 2.24) is 4.98 Å². The summed E-state index contributed by atoms with van der Waals surface area (Å²) in [6, 6.07) is 12.2. The number of hydrogen-bond donors (Lipinski definition) is 1. The van der Waals surface area contributed by atoms with E-state index in [1.807, 2.05) is 18.2 Å². The predicted octanol–water partition coefficient (Wildman–Crippen LogP) is 6.15. The number of carbonyl (C=O) groups is 1. The number of carboxylic acids is 1. The smallest absolute Gasteiger partial charge is 0.337 e. The Labute approximate surface area is 207 Å². The predicted molar refractivity (Wildman–Crippen MR) is 136 cm³/mol. The van der Waals surface area contributed by atoms with Crippen LogP contribution in [0.4, 0.5) is 5.69 Å². The molecule has 1 aliphatic rings. The van der Waals surface area contributed by atoms with Crippen molar-refractivity contribution >= 4 is 33.3 Å². The second kappa shape index (κ2) is 8.57. The van der Waals surface area contributed by atoms with Gasteiger partial charge in [0.25, 0.3) is 5.69 Å². The molecule has 0 fully saturated rings. The highest BCUT2D eigenvalue weighted by Crippen LogP contribution is 2.46. The van der Waals surface area contributed by atoms with E-state index in [1.165, 1.54) is 6.07 Å². The fraction of sp³-hybridized carbons (Fsp3) is 0.286. The summed E-state index contributed by atoms with van der Waals surface area (Å²) in [6.07, 6.45) is 1.16. The Morgan fingerprint density at radius 1 is 1.19 bits per heavy atom. The molecule has 0 bridgehead atoms. The highest BCUT2D eigenvalue weighted by Gasteiger charge is 2.33. The average Bonchev–Trinajstić information content (AvgIpc) is 2.81. The standard InChI is InChI=1S/C28H26N2O6/c1-15-14-19-17(6-5-7-20(19)30(33)34)24(22(15)26(27(31)32)36-28(2,3)4)18-8-9-21-23-16(11-13-35-21)10-12-29-25(18)23/h5-10,12,14,26H,11,13H2,1-4H3,(H,31,32)/t26-/m0/s1. The van der Waals surface area contributed by atoms with E-state index >= 15 is 0 Å². The molecule has 184 valence electrons. The van der Waals surface area contributed by atoms with E-state index in [-0.39, 0.29) is 5.69 Å². The van der Waals surface area contributed by atoms with Crippen molar-refractivity contribution in [2.45, 2.75) is 45.8 Å². The first kappa shape index (κ1) is 23.7. The minimum absolute atomic E-state index is 0.0500. The van der Waals surface area contributed by atoms with E-state index in [9.17, 15) is 20.0 Å². The Kier molecular flexibility index (Phi) is 5.64. The number of rotatable bonds is 5. The highest BCUT2D eigenvalue weighted by atomic mass is 16.6. The number of aliphatic carboxylic acids is 1. The van der Waals surface area contributed by atoms with Crippen molar-refractivity contribution in [3.05, 3.63) is 75.5 Å². The fourth-order valence-corrected chi connectivity index (χ4v) is 5.04. The quantitative estimate of drug-likeness (QED) is 0.266. The summed E-state index contributed by atoms with van der Waals surface area (Å²) in [5, 5.41) is 24.0. The third-order valence-corrected chi connectivity index (χ3v) is 6.40. The van der Waals surface area contributed by atoms with E-state index in [1.54, 1.807) is 52.1 Å². The number of carboxylic acid groups (broad SMARTS) is 1. The molecule has 1 atom stereocenters. The molecule has 5 rings (SSSR count). The molecule has 0 radical (unpaired) electrons. The van der Waals surface area contributed by atoms with Crippen LogP contribution in [0.2, 0.25) is 0 Å². The van der Waals surface area contributed by atoms with Crippen molar-refractivity contribution in [2.75, 3.05) is 6.61 Å². The fourth-order valence-electron chi connectivity index (χ4n) is 5.04. The van der Waals surface area contributed by atoms with E-state index in [0.29, 0.717) is 50.9 Å². The second-order valence-electron chi connectivity index (χ2n) is 9.96. The van der Waals surface area contributed by atoms with Crippen LogP contribution in [0.3, 0.4) is 0 Å². The zero-order valence-electron chi connectivity index (χ0n) is 20.5. The Balaban J connectivity index is 1.95. The first-order valence-corrected chi connectivity index (χ1v) is 11.7. The number of ether oxygens (including phenoxy) is 2. The summed E-state index contributed by atoms with van der Waals surface area (Å²) in [5.41, 5.74) is 3.21. The number of non-ortho nitro benzene ring substituents is 1. The monoisotopic (exact) mass is 486 g/mol. The summed E-state index contributed by atoms with van der Waals surface area (Å²) >= 11 is 0. The molecule has 36 heavy (non-hydrogen) atoms. The van der Waals surface area contributed by atoms with Crippen LogP contribution in [0, 0.1) is 17.0 Å². The number of aromatic nitrogens is 1. The number of nitrogens with zero attached hydrogens (tertiary/aromatic N) is 2. The molecule has 0 aliphatic carbocycles. The normalized spacial score (nSPS) is 14.0. The molecule has 3 aromatic carbocycles. The largest absolute Gasteiger partial charge is 0.493 e. The SMILES string of the molecule is Cc1cc2c([N+](=O)[O-])cccc2c(-c2ccc3c4c(ccnc24)CCO3)c1[C@H](OC(C)(C)C)C(=O)O. The van der Waals surface area contributed by atoms with Gasteiger partial charge >= 0.3 is 5.97 Å². The van der Waals surface area contributed by atoms with Crippen LogP contribution in [0.15, 0.2) is 48.7 Å². The van der Waals surface area contributed by atoms with Gasteiger partial charge in [0.2, 0.25) is 0 Å². The van der Waals surface area contributed by atoms with Crippen LogP contribution < -0.4 is 4.74 Å². The maximum Gasteiger partial charge on any atom is 0.337 e. The van der Waals surface area contributed by atoms with Crippen molar-refractivity contribution < 1.29 is 24.3 Å². The van der Waals surface area contributed by atoms with E-state index < -0.39 is 22.6 Å². The minimum Gasteiger partial charge on any atom is -0.493 e. The van der Waals surface area contributed by atoms with Gasteiger partial charge < -0.3 is 14.6 Å². The van der Waals surface area contributed by atoms with Gasteiger partial charge in [0.1, 0.15) is 5.75 Å². The van der Waals surface area contributed by atoms with Gasteiger partial charge in [0.05, 0.1) is 28.0 Å². The van der Waals surface area contributed by atoms with Crippen molar-refractivity contribution in [3.63, 3.8) is 0 Å². The van der Waals surface area contributed by atoms with Crippen molar-refractivity contribution in [2.24, 2.45) is 0 Å². The number of pyridine rings is 1. The highest BCUT2D eigenvalue weighted by molar-refractivity contribution is 6.10. The molecule has 1 N–H and O–H groups in total. The first-order valence-electron chi connectivity index (χ1n) is 11.7. The lowest BCUT2D eigenvalue weighted by Crippen LogP contribution is -2.28. The maximum atomic E-state index is 12.6. The molecule has 4 aromatic rings. The number of hydrogen-bond acceptors (Lipinski definition) is 6. The topological polar surface area (TPSA) is 112 Å². The summed E-state index contributed by atoms with van der Waals surface area (Å²) < 4.78 is 12.0. The number of fused-ring (bicyclic) bond motifs is 1. The van der Waals surface area contributed by atoms with E-state index in [4.69, 9.17) is 9.47 Å². The average molecular weight is 487 g/mol. The zero-order chi connectivity index (χ0) is 25.8. The first-order chi connectivity index (χ1) is 17.1. The molecule has 0 amide bonds. The molecule has 1 aromatic heterocycles. The van der Waals surface area contributed by atoms with Gasteiger partial charge in [0.15, 0.2) is 6.10 Å². The van der Waals surface area contributed by atoms with Gasteiger partial charge in [-0.05, 0) is 74.0 Å². The van der Waals surface area contributed by atoms with Crippen LogP contribution in [0.25, 0.3) is 32.8 Å². The molecular weight excluding hydrogens is 460 g/mol. The third kappa shape index (κ3) is 3.93. The Bertz CT molecular complexity index is 1540. The summed E-state index contributed by atoms with van der Waals surface area (Å²) in [4.78, 5) is 28.7. The van der Waals surface area contributed by atoms with Gasteiger partial charge in [-0.2, -0.15) is 0 Å². The van der Waals surface area contributed by atoms with Crippen molar-refractivity contribution in [3.8, 4) is 16.9 Å². The summed E-state index contributed by atoms with van der Waals surface area (Å²) in [7, 11) is 0. The maximum absolute atomic E-state index is 12.6. The van der Waals surface area contributed by atoms with Crippen LogP contribution in [-0.2, 0) is 16.0 Å². The summed E-state index contributed by atoms with van der Waals surface area (Å²) in [6.45, 7) is 7.72. The Morgan fingerprint density at radius 3 is 2.67 bits per heavy atom. The van der Waals surface area contributed by atoms with Gasteiger partial charge in [-0.3, -0.25) is 15.1 Å². The van der Waals surface area contributed by atoms with Crippen LogP contribution in [0.5, 0.6) is 5.75 Å². The number of aryl methyl sites for hydroxylation is 1. The minimum atomic E-state index is -1.30. The molecule has 1 aliphatic heterocycles. The lowest BCUT2D eigenvalue weighted by molar-refractivity contribution is -0.383. The lowest BCUT2D eigenvalue weighted by atomic mass is 9.85. The summed E-state index contributed by atoms with van der Waals surface area (Å²) in [5.74, 6) is -0.425. The lowest BCUT2D eigenvalue weighted by Gasteiger charge is -2.29. The molecule has 8 nitrogen and oxygen atoms in total. The third-order valence-electron chi connectivity index (χ3n) is 6.40. The zero-order valence-corrected chi connectivity index (χ0v) is 20.5. The van der Waals surface area contributed by atoms with Crippen LogP contribution in [0.1, 0.15) is 43.6 Å². The van der Waals surface area contributed by atoms with E-state index in [0.717, 1.165) is 17.4 Å². The molecule has 0 saturated heterocycles.